The van der Waals surface area contributed by atoms with Crippen LogP contribution in [0.25, 0.3) is 67.1 Å². The highest BCUT2D eigenvalue weighted by molar-refractivity contribution is 5.79. The van der Waals surface area contributed by atoms with Crippen molar-refractivity contribution in [2.45, 2.75) is 60.8 Å². The fourth-order valence-electron chi connectivity index (χ4n) is 7.27. The molecule has 7 rings (SSSR count). The van der Waals surface area contributed by atoms with Crippen LogP contribution in [0.5, 0.6) is 0 Å². The van der Waals surface area contributed by atoms with Crippen LogP contribution in [0.2, 0.25) is 0 Å². The summed E-state index contributed by atoms with van der Waals surface area (Å²) in [5.74, 6) is 2.54. The van der Waals surface area contributed by atoms with E-state index in [1.54, 1.807) is 0 Å². The molecule has 0 amide bonds. The lowest BCUT2D eigenvalue weighted by Crippen LogP contribution is -2.34. The number of aromatic nitrogens is 4. The van der Waals surface area contributed by atoms with Crippen molar-refractivity contribution in [3.05, 3.63) is 121 Å². The van der Waals surface area contributed by atoms with Gasteiger partial charge < -0.3 is 0 Å². The maximum absolute atomic E-state index is 2.43. The van der Waals surface area contributed by atoms with Gasteiger partial charge in [0.2, 0.25) is 0 Å². The van der Waals surface area contributed by atoms with Crippen LogP contribution in [-0.4, -0.2) is 9.13 Å². The number of aryl methyl sites for hydroxylation is 5. The Morgan fingerprint density at radius 3 is 1.33 bits per heavy atom. The molecule has 0 N–H and O–H groups in total. The Kier molecular flexibility index (Phi) is 7.58. The van der Waals surface area contributed by atoms with E-state index in [9.17, 15) is 0 Å². The van der Waals surface area contributed by atoms with E-state index in [2.05, 4.69) is 168 Å². The van der Waals surface area contributed by atoms with Gasteiger partial charge in [0, 0.05) is 0 Å². The van der Waals surface area contributed by atoms with E-state index < -0.39 is 0 Å². The number of benzene rings is 5. The fourth-order valence-corrected chi connectivity index (χ4v) is 7.27. The second-order valence-corrected chi connectivity index (χ2v) is 11.8. The van der Waals surface area contributed by atoms with Gasteiger partial charge in [0.1, 0.15) is 0 Å². The maximum atomic E-state index is 2.43. The summed E-state index contributed by atoms with van der Waals surface area (Å²) in [6, 6.07) is 42.5. The molecule has 0 aliphatic carbocycles. The predicted octanol–water partition coefficient (Wildman–Crippen LogP) is 9.23. The van der Waals surface area contributed by atoms with Crippen molar-refractivity contribution in [3.63, 3.8) is 0 Å². The molecule has 2 heterocycles. The lowest BCUT2D eigenvalue weighted by atomic mass is 9.95. The van der Waals surface area contributed by atoms with Crippen molar-refractivity contribution in [2.24, 2.45) is 0 Å². The van der Waals surface area contributed by atoms with Crippen molar-refractivity contribution < 1.29 is 9.13 Å². The van der Waals surface area contributed by atoms with Crippen LogP contribution < -0.4 is 9.13 Å². The average Bonchev–Trinajstić information content (AvgIpc) is 3.60. The summed E-state index contributed by atoms with van der Waals surface area (Å²) >= 11 is 0. The van der Waals surface area contributed by atoms with Gasteiger partial charge in [0.25, 0.3) is 11.6 Å². The van der Waals surface area contributed by atoms with E-state index in [1.165, 1.54) is 72.7 Å². The van der Waals surface area contributed by atoms with Gasteiger partial charge >= 0.3 is 0 Å². The van der Waals surface area contributed by atoms with E-state index in [4.69, 9.17) is 0 Å². The molecule has 4 nitrogen and oxygen atoms in total. The number of imidazole rings is 2. The Morgan fingerprint density at radius 2 is 0.889 bits per heavy atom. The largest absolute Gasteiger partial charge is 0.289 e. The van der Waals surface area contributed by atoms with Gasteiger partial charge in [-0.1, -0.05) is 66.7 Å². The van der Waals surface area contributed by atoms with Gasteiger partial charge in [0.05, 0.1) is 37.3 Å². The Morgan fingerprint density at radius 1 is 0.467 bits per heavy atom. The van der Waals surface area contributed by atoms with Crippen molar-refractivity contribution in [1.82, 2.24) is 9.13 Å². The molecule has 0 aliphatic rings. The zero-order chi connectivity index (χ0) is 31.1. The van der Waals surface area contributed by atoms with Crippen LogP contribution in [0, 0.1) is 6.92 Å². The third-order valence-corrected chi connectivity index (χ3v) is 9.37. The summed E-state index contributed by atoms with van der Waals surface area (Å²) in [6.07, 6.45) is 0. The Labute approximate surface area is 266 Å². The minimum absolute atomic E-state index is 0.937. The highest BCUT2D eigenvalue weighted by Crippen LogP contribution is 2.32. The third kappa shape index (κ3) is 4.76. The van der Waals surface area contributed by atoms with Gasteiger partial charge in [-0.3, -0.25) is 0 Å². The summed E-state index contributed by atoms with van der Waals surface area (Å²) in [7, 11) is 0. The molecule has 224 valence electrons. The van der Waals surface area contributed by atoms with E-state index in [1.807, 2.05) is 0 Å². The summed E-state index contributed by atoms with van der Waals surface area (Å²) in [5, 5.41) is 0. The maximum Gasteiger partial charge on any atom is 0.289 e. The quantitative estimate of drug-likeness (QED) is 0.157. The van der Waals surface area contributed by atoms with E-state index in [0.717, 1.165) is 26.2 Å². The standard InChI is InChI=1S/C41H42N4/c1-6-42-36-14-10-11-15-37(36)43(7-2)40(42)32-22-18-30(19-23-32)34-26-27-35(29(5)28-34)31-20-24-33(25-21-31)41-44(8-3)38-16-12-13-17-39(38)45(41)9-4/h10-28H,6-9H2,1-5H3/q+2. The molecular formula is C41H42N4+2. The molecule has 0 aliphatic heterocycles. The van der Waals surface area contributed by atoms with Crippen LogP contribution in [0.1, 0.15) is 33.3 Å². The number of nitrogens with zero attached hydrogens (tertiary/aromatic N) is 4. The van der Waals surface area contributed by atoms with Crippen molar-refractivity contribution in [1.29, 1.82) is 0 Å². The van der Waals surface area contributed by atoms with Crippen LogP contribution in [-0.2, 0) is 26.2 Å². The second-order valence-electron chi connectivity index (χ2n) is 11.8. The Balaban J connectivity index is 1.19. The summed E-state index contributed by atoms with van der Waals surface area (Å²) in [6.45, 7) is 14.9. The molecule has 0 spiro atoms. The molecule has 0 saturated carbocycles. The molecule has 0 fully saturated rings. The first kappa shape index (κ1) is 28.8. The van der Waals surface area contributed by atoms with E-state index in [-0.39, 0.29) is 0 Å². The smallest absolute Gasteiger partial charge is 0.223 e. The lowest BCUT2D eigenvalue weighted by molar-refractivity contribution is -0.657. The van der Waals surface area contributed by atoms with Crippen LogP contribution in [0.4, 0.5) is 0 Å². The Hall–Kier alpha value is -4.96. The molecule has 45 heavy (non-hydrogen) atoms. The summed E-state index contributed by atoms with van der Waals surface area (Å²) in [4.78, 5) is 0. The monoisotopic (exact) mass is 590 g/mol. The third-order valence-electron chi connectivity index (χ3n) is 9.37. The molecule has 0 unspecified atom stereocenters. The number of para-hydroxylation sites is 4. The van der Waals surface area contributed by atoms with E-state index in [0.29, 0.717) is 0 Å². The van der Waals surface area contributed by atoms with Crippen molar-refractivity contribution in [2.75, 3.05) is 0 Å². The first-order valence-electron chi connectivity index (χ1n) is 16.4. The summed E-state index contributed by atoms with van der Waals surface area (Å²) < 4.78 is 9.73. The highest BCUT2D eigenvalue weighted by Gasteiger charge is 2.25. The zero-order valence-electron chi connectivity index (χ0n) is 27.1. The molecule has 0 radical (unpaired) electrons. The minimum atomic E-state index is 0.937. The van der Waals surface area contributed by atoms with Crippen molar-refractivity contribution in [3.8, 4) is 45.0 Å². The number of fused-ring (bicyclic) bond motifs is 2. The van der Waals surface area contributed by atoms with Crippen LogP contribution in [0.3, 0.4) is 0 Å². The van der Waals surface area contributed by atoms with Gasteiger partial charge in [-0.05, 0) is 111 Å². The number of hydrogen-bond donors (Lipinski definition) is 0. The first-order chi connectivity index (χ1) is 22.1. The SMILES string of the molecule is CCn1c(-c2ccc(-c3ccc(-c4ccc(-c5n(CC)c6ccccc6[n+]5CC)cc4)c(C)c3)cc2)[n+](CC)c2ccccc21. The lowest BCUT2D eigenvalue weighted by Gasteiger charge is -2.11. The molecule has 7 aromatic rings. The van der Waals surface area contributed by atoms with Gasteiger partial charge in [0.15, 0.2) is 22.1 Å². The molecular weight excluding hydrogens is 548 g/mol. The second kappa shape index (κ2) is 11.9. The molecule has 5 aromatic carbocycles. The first-order valence-corrected chi connectivity index (χ1v) is 16.4. The number of hydrogen-bond acceptors (Lipinski definition) is 0. The van der Waals surface area contributed by atoms with Crippen LogP contribution in [0.15, 0.2) is 115 Å². The fraction of sp³-hybridized carbons (Fsp3) is 0.220. The molecule has 0 bridgehead atoms. The minimum Gasteiger partial charge on any atom is -0.223 e. The zero-order valence-corrected chi connectivity index (χ0v) is 27.1. The predicted molar refractivity (Wildman–Crippen MR) is 187 cm³/mol. The highest BCUT2D eigenvalue weighted by atomic mass is 15.2. The van der Waals surface area contributed by atoms with Crippen LogP contribution >= 0.6 is 0 Å². The molecule has 0 atom stereocenters. The molecule has 2 aromatic heterocycles. The van der Waals surface area contributed by atoms with Gasteiger partial charge in [-0.15, -0.1) is 0 Å². The van der Waals surface area contributed by atoms with E-state index >= 15 is 0 Å². The normalized spacial score (nSPS) is 11.6. The van der Waals surface area contributed by atoms with Gasteiger partial charge in [-0.2, -0.15) is 0 Å². The molecule has 0 saturated heterocycles. The Bertz CT molecular complexity index is 2060. The molecule has 4 heteroatoms. The number of rotatable bonds is 8. The average molecular weight is 591 g/mol. The topological polar surface area (TPSA) is 17.6 Å². The van der Waals surface area contributed by atoms with Gasteiger partial charge in [-0.25, -0.2) is 18.3 Å². The summed E-state index contributed by atoms with van der Waals surface area (Å²) in [5.41, 5.74) is 13.9. The van der Waals surface area contributed by atoms with Crippen molar-refractivity contribution >= 4 is 22.1 Å².